The van der Waals surface area contributed by atoms with Crippen LogP contribution in [0.4, 0.5) is 0 Å². The van der Waals surface area contributed by atoms with Crippen molar-refractivity contribution in [3.05, 3.63) is 45.7 Å². The van der Waals surface area contributed by atoms with Crippen LogP contribution in [0.5, 0.6) is 0 Å². The second-order valence-electron chi connectivity index (χ2n) is 6.86. The summed E-state index contributed by atoms with van der Waals surface area (Å²) >= 11 is 3.36. The number of hydrogen-bond donors (Lipinski definition) is 1. The van der Waals surface area contributed by atoms with E-state index in [-0.39, 0.29) is 11.5 Å². The summed E-state index contributed by atoms with van der Waals surface area (Å²) in [5, 5.41) is 3.70. The second kappa shape index (κ2) is 5.33. The van der Waals surface area contributed by atoms with Crippen molar-refractivity contribution in [2.24, 2.45) is 5.41 Å². The number of halogens is 1. The van der Waals surface area contributed by atoms with E-state index in [4.69, 9.17) is 8.83 Å². The smallest absolute Gasteiger partial charge is 0.169 e. The van der Waals surface area contributed by atoms with Gasteiger partial charge in [-0.3, -0.25) is 0 Å². The van der Waals surface area contributed by atoms with Crippen LogP contribution < -0.4 is 5.32 Å². The molecule has 1 aliphatic rings. The quantitative estimate of drug-likeness (QED) is 0.814. The van der Waals surface area contributed by atoms with Crippen LogP contribution in [0.25, 0.3) is 0 Å². The maximum Gasteiger partial charge on any atom is 0.169 e. The Morgan fingerprint density at radius 2 is 2.10 bits per heavy atom. The highest BCUT2D eigenvalue weighted by molar-refractivity contribution is 9.10. The molecule has 3 nitrogen and oxygen atoms in total. The maximum atomic E-state index is 5.89. The van der Waals surface area contributed by atoms with Gasteiger partial charge in [0.1, 0.15) is 17.3 Å². The molecular formula is C17H22BrNO2. The van der Waals surface area contributed by atoms with Gasteiger partial charge in [0.05, 0.1) is 6.04 Å². The van der Waals surface area contributed by atoms with Gasteiger partial charge >= 0.3 is 0 Å². The van der Waals surface area contributed by atoms with Crippen LogP contribution in [0.15, 0.2) is 31.7 Å². The summed E-state index contributed by atoms with van der Waals surface area (Å²) in [5.74, 6) is 3.08. The standard InChI is InChI=1S/C17H22BrNO2/c1-10-7-12-13(8-17(3,4)9-15(12)20-10)19-11(2)14-5-6-16(18)21-14/h5-7,11,13,19H,8-9H2,1-4H3. The third kappa shape index (κ3) is 3.11. The van der Waals surface area contributed by atoms with Gasteiger partial charge in [0, 0.05) is 18.0 Å². The van der Waals surface area contributed by atoms with E-state index in [9.17, 15) is 0 Å². The Kier molecular flexibility index (Phi) is 3.78. The molecule has 0 aromatic carbocycles. The molecule has 2 atom stereocenters. The number of nitrogens with one attached hydrogen (secondary N) is 1. The van der Waals surface area contributed by atoms with Crippen molar-refractivity contribution >= 4 is 15.9 Å². The van der Waals surface area contributed by atoms with E-state index >= 15 is 0 Å². The van der Waals surface area contributed by atoms with Gasteiger partial charge in [0.25, 0.3) is 0 Å². The highest BCUT2D eigenvalue weighted by Crippen LogP contribution is 2.43. The van der Waals surface area contributed by atoms with Crippen molar-refractivity contribution in [3.8, 4) is 0 Å². The molecule has 2 heterocycles. The fourth-order valence-electron chi connectivity index (χ4n) is 3.28. The third-order valence-electron chi connectivity index (χ3n) is 4.21. The van der Waals surface area contributed by atoms with Crippen LogP contribution >= 0.6 is 15.9 Å². The van der Waals surface area contributed by atoms with Crippen molar-refractivity contribution in [3.63, 3.8) is 0 Å². The Morgan fingerprint density at radius 1 is 1.33 bits per heavy atom. The molecule has 3 rings (SSSR count). The Balaban J connectivity index is 1.84. The molecule has 0 bridgehead atoms. The van der Waals surface area contributed by atoms with Crippen molar-refractivity contribution in [2.75, 3.05) is 0 Å². The van der Waals surface area contributed by atoms with Crippen LogP contribution in [0.3, 0.4) is 0 Å². The molecule has 2 unspecified atom stereocenters. The van der Waals surface area contributed by atoms with Crippen LogP contribution in [0.2, 0.25) is 0 Å². The molecular weight excluding hydrogens is 330 g/mol. The topological polar surface area (TPSA) is 38.3 Å². The van der Waals surface area contributed by atoms with E-state index < -0.39 is 0 Å². The largest absolute Gasteiger partial charge is 0.466 e. The zero-order chi connectivity index (χ0) is 15.2. The summed E-state index contributed by atoms with van der Waals surface area (Å²) in [4.78, 5) is 0. The molecule has 0 aliphatic heterocycles. The van der Waals surface area contributed by atoms with E-state index in [0.717, 1.165) is 34.8 Å². The average molecular weight is 352 g/mol. The molecule has 1 N–H and O–H groups in total. The first-order chi connectivity index (χ1) is 9.84. The number of fused-ring (bicyclic) bond motifs is 1. The van der Waals surface area contributed by atoms with Gasteiger partial charge in [-0.25, -0.2) is 0 Å². The molecule has 21 heavy (non-hydrogen) atoms. The van der Waals surface area contributed by atoms with Gasteiger partial charge < -0.3 is 14.2 Å². The number of furan rings is 2. The highest BCUT2D eigenvalue weighted by atomic mass is 79.9. The zero-order valence-electron chi connectivity index (χ0n) is 13.0. The van der Waals surface area contributed by atoms with Gasteiger partial charge in [-0.05, 0) is 59.8 Å². The molecule has 0 radical (unpaired) electrons. The van der Waals surface area contributed by atoms with E-state index in [0.29, 0.717) is 6.04 Å². The minimum Gasteiger partial charge on any atom is -0.466 e. The van der Waals surface area contributed by atoms with Gasteiger partial charge in [-0.2, -0.15) is 0 Å². The normalized spacial score (nSPS) is 22.0. The first kappa shape index (κ1) is 14.9. The lowest BCUT2D eigenvalue weighted by Crippen LogP contribution is -2.33. The molecule has 0 saturated carbocycles. The van der Waals surface area contributed by atoms with Gasteiger partial charge in [-0.15, -0.1) is 0 Å². The Hall–Kier alpha value is -1.000. The van der Waals surface area contributed by atoms with Crippen LogP contribution in [-0.4, -0.2) is 0 Å². The minimum atomic E-state index is 0.165. The van der Waals surface area contributed by atoms with E-state index in [1.165, 1.54) is 5.56 Å². The van der Waals surface area contributed by atoms with Crippen LogP contribution in [-0.2, 0) is 6.42 Å². The van der Waals surface area contributed by atoms with Gasteiger partial charge in [0.15, 0.2) is 4.67 Å². The van der Waals surface area contributed by atoms with Crippen molar-refractivity contribution in [1.29, 1.82) is 0 Å². The molecule has 1 aliphatic carbocycles. The molecule has 0 fully saturated rings. The van der Waals surface area contributed by atoms with E-state index in [1.54, 1.807) is 0 Å². The predicted molar refractivity (Wildman–Crippen MR) is 86.2 cm³/mol. The lowest BCUT2D eigenvalue weighted by molar-refractivity contribution is 0.222. The maximum absolute atomic E-state index is 5.89. The molecule has 0 amide bonds. The van der Waals surface area contributed by atoms with Crippen LogP contribution in [0, 0.1) is 12.3 Å². The molecule has 2 aromatic heterocycles. The van der Waals surface area contributed by atoms with Crippen LogP contribution in [0.1, 0.15) is 62.1 Å². The highest BCUT2D eigenvalue weighted by Gasteiger charge is 2.35. The summed E-state index contributed by atoms with van der Waals surface area (Å²) in [6, 6.07) is 6.59. The summed E-state index contributed by atoms with van der Waals surface area (Å²) in [6.45, 7) is 8.77. The first-order valence-corrected chi connectivity index (χ1v) is 8.24. The fourth-order valence-corrected chi connectivity index (χ4v) is 3.60. The Bertz CT molecular complexity index is 641. The fraction of sp³-hybridized carbons (Fsp3) is 0.529. The lowest BCUT2D eigenvalue weighted by Gasteiger charge is -2.36. The average Bonchev–Trinajstić information content (AvgIpc) is 2.93. The summed E-state index contributed by atoms with van der Waals surface area (Å²) in [5.41, 5.74) is 1.56. The third-order valence-corrected chi connectivity index (χ3v) is 4.63. The monoisotopic (exact) mass is 351 g/mol. The van der Waals surface area contributed by atoms with E-state index in [2.05, 4.69) is 48.1 Å². The zero-order valence-corrected chi connectivity index (χ0v) is 14.6. The first-order valence-electron chi connectivity index (χ1n) is 7.44. The summed E-state index contributed by atoms with van der Waals surface area (Å²) in [6.07, 6.45) is 2.11. The lowest BCUT2D eigenvalue weighted by atomic mass is 9.74. The molecule has 114 valence electrons. The van der Waals surface area contributed by atoms with Gasteiger partial charge in [-0.1, -0.05) is 13.8 Å². The molecule has 0 spiro atoms. The summed E-state index contributed by atoms with van der Waals surface area (Å²) in [7, 11) is 0. The van der Waals surface area contributed by atoms with Gasteiger partial charge in [0.2, 0.25) is 0 Å². The van der Waals surface area contributed by atoms with Crippen molar-refractivity contribution < 1.29 is 8.83 Å². The number of aryl methyl sites for hydroxylation is 1. The Morgan fingerprint density at radius 3 is 2.76 bits per heavy atom. The van der Waals surface area contributed by atoms with E-state index in [1.807, 2.05) is 19.1 Å². The Labute approximate surface area is 134 Å². The second-order valence-corrected chi connectivity index (χ2v) is 7.65. The molecule has 0 saturated heterocycles. The minimum absolute atomic E-state index is 0.165. The number of hydrogen-bond acceptors (Lipinski definition) is 3. The predicted octanol–water partition coefficient (Wildman–Crippen LogP) is 5.31. The summed E-state index contributed by atoms with van der Waals surface area (Å²) < 4.78 is 12.3. The van der Waals surface area contributed by atoms with Crippen molar-refractivity contribution in [2.45, 2.75) is 52.6 Å². The number of rotatable bonds is 3. The molecule has 4 heteroatoms. The SMILES string of the molecule is Cc1cc2c(o1)CC(C)(C)CC2NC(C)c1ccc(Br)o1. The van der Waals surface area contributed by atoms with Crippen molar-refractivity contribution in [1.82, 2.24) is 5.32 Å². The molecule has 2 aromatic rings.